The minimum atomic E-state index is -0.543. The van der Waals surface area contributed by atoms with Gasteiger partial charge in [-0.1, -0.05) is 6.08 Å². The highest BCUT2D eigenvalue weighted by atomic mass is 16.5. The van der Waals surface area contributed by atoms with Crippen molar-refractivity contribution >= 4 is 23.1 Å². The second-order valence-corrected chi connectivity index (χ2v) is 5.00. The third-order valence-corrected chi connectivity index (χ3v) is 3.70. The first kappa shape index (κ1) is 12.9. The number of rotatable bonds is 3. The number of nitrogens with one attached hydrogen (secondary N) is 1. The normalized spacial score (nSPS) is 17.9. The van der Waals surface area contributed by atoms with Crippen LogP contribution in [-0.4, -0.2) is 38.5 Å². The number of fused-ring (bicyclic) bond motifs is 1. The van der Waals surface area contributed by atoms with Crippen LogP contribution in [0.5, 0.6) is 0 Å². The highest BCUT2D eigenvalue weighted by molar-refractivity contribution is 6.51. The van der Waals surface area contributed by atoms with Crippen LogP contribution in [0.1, 0.15) is 16.8 Å². The molecule has 20 heavy (non-hydrogen) atoms. The van der Waals surface area contributed by atoms with Gasteiger partial charge in [-0.2, -0.15) is 0 Å². The number of ether oxygens (including phenoxy) is 1. The minimum Gasteiger partial charge on any atom is -0.380 e. The fourth-order valence-corrected chi connectivity index (χ4v) is 2.59. The summed E-state index contributed by atoms with van der Waals surface area (Å²) in [5.74, 6) is -0.995. The first-order valence-electron chi connectivity index (χ1n) is 6.60. The summed E-state index contributed by atoms with van der Waals surface area (Å²) in [6, 6.07) is 5.48. The van der Waals surface area contributed by atoms with Crippen LogP contribution in [0.2, 0.25) is 0 Å². The average molecular weight is 272 g/mol. The Morgan fingerprint density at radius 3 is 2.90 bits per heavy atom. The van der Waals surface area contributed by atoms with Crippen molar-refractivity contribution in [3.05, 3.63) is 35.4 Å². The molecule has 5 nitrogen and oxygen atoms in total. The highest BCUT2D eigenvalue weighted by Crippen LogP contribution is 2.29. The lowest BCUT2D eigenvalue weighted by Gasteiger charge is -2.28. The molecular formula is C15H16N2O3. The van der Waals surface area contributed by atoms with E-state index in [4.69, 9.17) is 4.74 Å². The number of nitrogens with zero attached hydrogens (tertiary/aromatic N) is 1. The molecule has 0 bridgehead atoms. The third-order valence-electron chi connectivity index (χ3n) is 3.70. The molecule has 0 fully saturated rings. The fraction of sp³-hybridized carbons (Fsp3) is 0.333. The van der Waals surface area contributed by atoms with Gasteiger partial charge in [0.15, 0.2) is 0 Å². The summed E-state index contributed by atoms with van der Waals surface area (Å²) in [5, 5.41) is 2.61. The van der Waals surface area contributed by atoms with Crippen molar-refractivity contribution in [2.75, 3.05) is 37.0 Å². The van der Waals surface area contributed by atoms with Gasteiger partial charge in [-0.25, -0.2) is 0 Å². The molecule has 0 aromatic heterocycles. The van der Waals surface area contributed by atoms with Crippen molar-refractivity contribution in [1.82, 2.24) is 0 Å². The summed E-state index contributed by atoms with van der Waals surface area (Å²) < 4.78 is 5.13. The predicted molar refractivity (Wildman–Crippen MR) is 76.2 cm³/mol. The van der Waals surface area contributed by atoms with E-state index in [9.17, 15) is 9.59 Å². The summed E-state index contributed by atoms with van der Waals surface area (Å²) in [4.78, 5) is 25.1. The van der Waals surface area contributed by atoms with Crippen LogP contribution in [0.15, 0.2) is 29.8 Å². The Morgan fingerprint density at radius 2 is 2.20 bits per heavy atom. The molecule has 0 atom stereocenters. The summed E-state index contributed by atoms with van der Waals surface area (Å²) in [6.07, 6.45) is 3.14. The van der Waals surface area contributed by atoms with Crippen LogP contribution in [0.3, 0.4) is 0 Å². The van der Waals surface area contributed by atoms with Crippen LogP contribution in [0.4, 0.5) is 11.4 Å². The smallest absolute Gasteiger partial charge is 0.296 e. The van der Waals surface area contributed by atoms with Gasteiger partial charge in [0.25, 0.3) is 11.7 Å². The molecule has 5 heteroatoms. The van der Waals surface area contributed by atoms with E-state index in [0.29, 0.717) is 17.9 Å². The zero-order valence-electron chi connectivity index (χ0n) is 11.3. The monoisotopic (exact) mass is 272 g/mol. The Bertz CT molecular complexity index is 607. The van der Waals surface area contributed by atoms with Gasteiger partial charge in [-0.3, -0.25) is 9.59 Å². The quantitative estimate of drug-likeness (QED) is 0.671. The molecule has 3 rings (SSSR count). The topological polar surface area (TPSA) is 58.6 Å². The first-order valence-corrected chi connectivity index (χ1v) is 6.60. The molecule has 0 saturated heterocycles. The average Bonchev–Trinajstić information content (AvgIpc) is 2.75. The maximum absolute atomic E-state index is 11.5. The molecule has 0 unspecified atom stereocenters. The standard InChI is InChI=1S/C15H16N2O3/c1-20-9-10-4-6-17(7-5-10)11-2-3-12-13(8-11)16-15(19)14(12)18/h2-4,8H,5-7,9H2,1H3,(H,16,18,19). The van der Waals surface area contributed by atoms with E-state index < -0.39 is 11.7 Å². The molecule has 0 aliphatic carbocycles. The lowest BCUT2D eigenvalue weighted by atomic mass is 10.1. The van der Waals surface area contributed by atoms with E-state index in [1.807, 2.05) is 12.1 Å². The van der Waals surface area contributed by atoms with Crippen LogP contribution in [0, 0.1) is 0 Å². The molecule has 0 spiro atoms. The van der Waals surface area contributed by atoms with Gasteiger partial charge >= 0.3 is 0 Å². The molecule has 104 valence electrons. The van der Waals surface area contributed by atoms with Gasteiger partial charge in [0.2, 0.25) is 0 Å². The van der Waals surface area contributed by atoms with E-state index in [2.05, 4.69) is 16.3 Å². The number of amides is 1. The number of ketones is 1. The van der Waals surface area contributed by atoms with Gasteiger partial charge in [-0.05, 0) is 30.2 Å². The van der Waals surface area contributed by atoms with Crippen molar-refractivity contribution in [3.63, 3.8) is 0 Å². The van der Waals surface area contributed by atoms with Crippen molar-refractivity contribution in [2.45, 2.75) is 6.42 Å². The Balaban J connectivity index is 1.79. The third kappa shape index (κ3) is 2.20. The molecule has 1 aromatic carbocycles. The van der Waals surface area contributed by atoms with Crippen LogP contribution in [-0.2, 0) is 9.53 Å². The fourth-order valence-electron chi connectivity index (χ4n) is 2.59. The number of carbonyl (C=O) groups excluding carboxylic acids is 2. The SMILES string of the molecule is COCC1=CCN(c2ccc3c(c2)NC(=O)C3=O)CC1. The lowest BCUT2D eigenvalue weighted by molar-refractivity contribution is -0.112. The van der Waals surface area contributed by atoms with E-state index in [-0.39, 0.29) is 0 Å². The molecule has 1 amide bonds. The molecule has 1 aromatic rings. The van der Waals surface area contributed by atoms with Gasteiger partial charge in [0.05, 0.1) is 17.9 Å². The molecule has 2 aliphatic rings. The van der Waals surface area contributed by atoms with Crippen LogP contribution in [0.25, 0.3) is 0 Å². The summed E-state index contributed by atoms with van der Waals surface area (Å²) in [5.41, 5.74) is 3.41. The number of hydrogen-bond donors (Lipinski definition) is 1. The second kappa shape index (κ2) is 5.09. The number of benzene rings is 1. The number of hydrogen-bond acceptors (Lipinski definition) is 4. The summed E-state index contributed by atoms with van der Waals surface area (Å²) in [7, 11) is 1.70. The van der Waals surface area contributed by atoms with E-state index >= 15 is 0 Å². The van der Waals surface area contributed by atoms with Crippen LogP contribution >= 0.6 is 0 Å². The first-order chi connectivity index (χ1) is 9.69. The minimum absolute atomic E-state index is 0.451. The zero-order chi connectivity index (χ0) is 14.1. The molecule has 0 radical (unpaired) electrons. The zero-order valence-corrected chi connectivity index (χ0v) is 11.3. The summed E-state index contributed by atoms with van der Waals surface area (Å²) in [6.45, 7) is 2.41. The molecular weight excluding hydrogens is 256 g/mol. The molecule has 2 heterocycles. The Hall–Kier alpha value is -2.14. The largest absolute Gasteiger partial charge is 0.380 e. The molecule has 1 N–H and O–H groups in total. The maximum Gasteiger partial charge on any atom is 0.296 e. The van der Waals surface area contributed by atoms with E-state index in [0.717, 1.165) is 25.2 Å². The number of methoxy groups -OCH3 is 1. The molecule has 0 saturated carbocycles. The van der Waals surface area contributed by atoms with Gasteiger partial charge in [-0.15, -0.1) is 0 Å². The number of Topliss-reactive ketones (excluding diaryl/α,β-unsaturated/α-hetero) is 1. The van der Waals surface area contributed by atoms with Crippen molar-refractivity contribution < 1.29 is 14.3 Å². The van der Waals surface area contributed by atoms with Gasteiger partial charge in [0, 0.05) is 25.9 Å². The Morgan fingerprint density at radius 1 is 1.35 bits per heavy atom. The van der Waals surface area contributed by atoms with Gasteiger partial charge < -0.3 is 15.0 Å². The Labute approximate surface area is 117 Å². The molecule has 2 aliphatic heterocycles. The maximum atomic E-state index is 11.5. The van der Waals surface area contributed by atoms with Gasteiger partial charge in [0.1, 0.15) is 0 Å². The lowest BCUT2D eigenvalue weighted by Crippen LogP contribution is -2.29. The van der Waals surface area contributed by atoms with E-state index in [1.165, 1.54) is 5.57 Å². The van der Waals surface area contributed by atoms with Crippen molar-refractivity contribution in [1.29, 1.82) is 0 Å². The number of carbonyl (C=O) groups is 2. The Kier molecular flexibility index (Phi) is 3.28. The highest BCUT2D eigenvalue weighted by Gasteiger charge is 2.28. The second-order valence-electron chi connectivity index (χ2n) is 5.00. The number of anilines is 2. The summed E-state index contributed by atoms with van der Waals surface area (Å²) >= 11 is 0. The van der Waals surface area contributed by atoms with Crippen LogP contribution < -0.4 is 10.2 Å². The van der Waals surface area contributed by atoms with Crippen molar-refractivity contribution in [3.8, 4) is 0 Å². The van der Waals surface area contributed by atoms with E-state index in [1.54, 1.807) is 13.2 Å². The predicted octanol–water partition coefficient (Wildman–Crippen LogP) is 1.60. The van der Waals surface area contributed by atoms with Crippen molar-refractivity contribution in [2.24, 2.45) is 0 Å².